The van der Waals surface area contributed by atoms with E-state index in [1.54, 1.807) is 0 Å². The lowest BCUT2D eigenvalue weighted by Crippen LogP contribution is -1.97. The smallest absolute Gasteiger partial charge is 0.136 e. The SMILES string of the molecule is C1=Cc2c(sc3ccc(-c4ccccc4-n4c5ccc6ccccc6c5c5c6c(ccc54)oc4ccccc46)cc23)CC1. The van der Waals surface area contributed by atoms with Crippen LogP contribution in [0.3, 0.4) is 0 Å². The fourth-order valence-electron chi connectivity index (χ4n) is 7.38. The summed E-state index contributed by atoms with van der Waals surface area (Å²) < 4.78 is 10.2. The minimum Gasteiger partial charge on any atom is -0.456 e. The van der Waals surface area contributed by atoms with Gasteiger partial charge in [-0.1, -0.05) is 84.9 Å². The van der Waals surface area contributed by atoms with Gasteiger partial charge < -0.3 is 8.98 Å². The van der Waals surface area contributed by atoms with Crippen LogP contribution in [0.5, 0.6) is 0 Å². The number of nitrogens with zero attached hydrogens (tertiary/aromatic N) is 1. The fourth-order valence-corrected chi connectivity index (χ4v) is 8.56. The zero-order chi connectivity index (χ0) is 28.1. The molecule has 9 aromatic rings. The molecule has 3 heterocycles. The first-order valence-corrected chi connectivity index (χ1v) is 15.7. The normalized spacial score (nSPS) is 13.3. The number of allylic oxidation sites excluding steroid dienone is 1. The van der Waals surface area contributed by atoms with E-state index >= 15 is 0 Å². The molecule has 0 unspecified atom stereocenters. The Morgan fingerprint density at radius 2 is 1.44 bits per heavy atom. The molecule has 43 heavy (non-hydrogen) atoms. The number of aryl methyl sites for hydroxylation is 1. The van der Waals surface area contributed by atoms with Crippen molar-refractivity contribution in [2.45, 2.75) is 12.8 Å². The van der Waals surface area contributed by atoms with Crippen LogP contribution >= 0.6 is 11.3 Å². The highest BCUT2D eigenvalue weighted by atomic mass is 32.1. The van der Waals surface area contributed by atoms with Gasteiger partial charge in [0.1, 0.15) is 11.2 Å². The van der Waals surface area contributed by atoms with Crippen molar-refractivity contribution in [1.29, 1.82) is 0 Å². The van der Waals surface area contributed by atoms with Crippen LogP contribution < -0.4 is 0 Å². The molecule has 0 radical (unpaired) electrons. The van der Waals surface area contributed by atoms with E-state index in [9.17, 15) is 0 Å². The monoisotopic (exact) mass is 567 g/mol. The molecule has 10 rings (SSSR count). The lowest BCUT2D eigenvalue weighted by molar-refractivity contribution is 0.669. The maximum absolute atomic E-state index is 6.39. The maximum atomic E-state index is 6.39. The number of aromatic nitrogens is 1. The molecule has 2 nitrogen and oxygen atoms in total. The third-order valence-electron chi connectivity index (χ3n) is 9.24. The van der Waals surface area contributed by atoms with Crippen molar-refractivity contribution in [1.82, 2.24) is 4.57 Å². The number of hydrogen-bond donors (Lipinski definition) is 0. The molecular formula is C40H25NOS. The Labute approximate surface area is 251 Å². The number of hydrogen-bond acceptors (Lipinski definition) is 2. The van der Waals surface area contributed by atoms with E-state index in [1.165, 1.54) is 75.3 Å². The summed E-state index contributed by atoms with van der Waals surface area (Å²) in [7, 11) is 0. The molecule has 0 aliphatic heterocycles. The second kappa shape index (κ2) is 8.70. The highest BCUT2D eigenvalue weighted by Crippen LogP contribution is 2.45. The highest BCUT2D eigenvalue weighted by Gasteiger charge is 2.22. The zero-order valence-electron chi connectivity index (χ0n) is 23.3. The molecule has 202 valence electrons. The van der Waals surface area contributed by atoms with Gasteiger partial charge in [0.2, 0.25) is 0 Å². The molecule has 0 saturated carbocycles. The first-order valence-electron chi connectivity index (χ1n) is 14.9. The van der Waals surface area contributed by atoms with Gasteiger partial charge in [-0.25, -0.2) is 0 Å². The molecule has 0 fully saturated rings. The molecule has 1 aliphatic rings. The molecule has 0 spiro atoms. The van der Waals surface area contributed by atoms with Gasteiger partial charge in [-0.15, -0.1) is 11.3 Å². The lowest BCUT2D eigenvalue weighted by atomic mass is 9.98. The van der Waals surface area contributed by atoms with E-state index in [4.69, 9.17) is 4.42 Å². The number of fused-ring (bicyclic) bond motifs is 12. The molecule has 0 N–H and O–H groups in total. The van der Waals surface area contributed by atoms with Crippen LogP contribution in [0.25, 0.3) is 87.5 Å². The molecule has 0 atom stereocenters. The standard InChI is InChI=1S/C40H25NOS/c1-2-11-27-24(9-1)17-19-32-38(27)40-33(20-21-35-39(40)29-13-4-7-15-34(29)42-35)41(32)31-14-6-3-10-26(31)25-18-22-37-30(23-25)28-12-5-8-16-36(28)43-37/h1-7,9-15,17-23H,8,16H2. The first kappa shape index (κ1) is 23.4. The number of rotatable bonds is 2. The predicted molar refractivity (Wildman–Crippen MR) is 184 cm³/mol. The molecule has 3 aromatic heterocycles. The number of benzene rings is 6. The second-order valence-corrected chi connectivity index (χ2v) is 12.7. The minimum absolute atomic E-state index is 0.924. The van der Waals surface area contributed by atoms with Crippen LogP contribution in [0.2, 0.25) is 0 Å². The molecule has 0 amide bonds. The van der Waals surface area contributed by atoms with Gasteiger partial charge in [-0.3, -0.25) is 0 Å². The van der Waals surface area contributed by atoms with Crippen molar-refractivity contribution < 1.29 is 4.42 Å². The Balaban J connectivity index is 1.34. The third-order valence-corrected chi connectivity index (χ3v) is 10.5. The summed E-state index contributed by atoms with van der Waals surface area (Å²) >= 11 is 1.95. The summed E-state index contributed by atoms with van der Waals surface area (Å²) in [5.41, 5.74) is 9.31. The van der Waals surface area contributed by atoms with Gasteiger partial charge in [-0.05, 0) is 77.2 Å². The topological polar surface area (TPSA) is 18.1 Å². The quantitative estimate of drug-likeness (QED) is 0.203. The van der Waals surface area contributed by atoms with E-state index in [1.807, 2.05) is 17.4 Å². The van der Waals surface area contributed by atoms with E-state index in [-0.39, 0.29) is 0 Å². The molecule has 6 aromatic carbocycles. The van der Waals surface area contributed by atoms with Gasteiger partial charge in [0.15, 0.2) is 0 Å². The van der Waals surface area contributed by atoms with Crippen LogP contribution in [0.1, 0.15) is 16.9 Å². The molecule has 0 saturated heterocycles. The van der Waals surface area contributed by atoms with Crippen molar-refractivity contribution in [3.05, 3.63) is 132 Å². The van der Waals surface area contributed by atoms with Crippen LogP contribution in [0, 0.1) is 0 Å². The largest absolute Gasteiger partial charge is 0.456 e. The minimum atomic E-state index is 0.924. The van der Waals surface area contributed by atoms with Gasteiger partial charge in [0.25, 0.3) is 0 Å². The van der Waals surface area contributed by atoms with Crippen molar-refractivity contribution >= 4 is 82.0 Å². The average molecular weight is 568 g/mol. The Kier molecular flexibility index (Phi) is 4.74. The molecule has 3 heteroatoms. The lowest BCUT2D eigenvalue weighted by Gasteiger charge is -2.14. The summed E-state index contributed by atoms with van der Waals surface area (Å²) in [4.78, 5) is 1.51. The zero-order valence-corrected chi connectivity index (χ0v) is 24.1. The van der Waals surface area contributed by atoms with Gasteiger partial charge in [-0.2, -0.15) is 0 Å². The number of thiophene rings is 1. The van der Waals surface area contributed by atoms with Crippen molar-refractivity contribution in [3.8, 4) is 16.8 Å². The van der Waals surface area contributed by atoms with E-state index in [0.717, 1.165) is 29.4 Å². The highest BCUT2D eigenvalue weighted by molar-refractivity contribution is 7.19. The van der Waals surface area contributed by atoms with E-state index in [2.05, 4.69) is 126 Å². The Hall–Kier alpha value is -5.12. The van der Waals surface area contributed by atoms with Crippen LogP contribution in [0.15, 0.2) is 126 Å². The fraction of sp³-hybridized carbons (Fsp3) is 0.0500. The summed E-state index contributed by atoms with van der Waals surface area (Å²) in [5, 5.41) is 8.73. The van der Waals surface area contributed by atoms with Crippen molar-refractivity contribution in [3.63, 3.8) is 0 Å². The van der Waals surface area contributed by atoms with Crippen LogP contribution in [0.4, 0.5) is 0 Å². The van der Waals surface area contributed by atoms with Crippen molar-refractivity contribution in [2.75, 3.05) is 0 Å². The Morgan fingerprint density at radius 3 is 2.42 bits per heavy atom. The number of furan rings is 1. The number of para-hydroxylation sites is 2. The second-order valence-electron chi connectivity index (χ2n) is 11.6. The molecular weight excluding hydrogens is 543 g/mol. The van der Waals surface area contributed by atoms with E-state index in [0.29, 0.717) is 0 Å². The van der Waals surface area contributed by atoms with E-state index < -0.39 is 0 Å². The summed E-state index contributed by atoms with van der Waals surface area (Å²) in [6, 6.07) is 42.0. The molecule has 1 aliphatic carbocycles. The average Bonchev–Trinajstić information content (AvgIpc) is 3.73. The van der Waals surface area contributed by atoms with Gasteiger partial charge >= 0.3 is 0 Å². The maximum Gasteiger partial charge on any atom is 0.136 e. The summed E-state index contributed by atoms with van der Waals surface area (Å²) in [5.74, 6) is 0. The Bertz CT molecular complexity index is 2630. The first-order chi connectivity index (χ1) is 21.3. The van der Waals surface area contributed by atoms with Crippen molar-refractivity contribution in [2.24, 2.45) is 0 Å². The van der Waals surface area contributed by atoms with Crippen LogP contribution in [-0.4, -0.2) is 4.57 Å². The molecule has 0 bridgehead atoms. The van der Waals surface area contributed by atoms with Crippen LogP contribution in [-0.2, 0) is 6.42 Å². The predicted octanol–water partition coefficient (Wildman–Crippen LogP) is 11.7. The summed E-state index contributed by atoms with van der Waals surface area (Å²) in [6.07, 6.45) is 6.92. The summed E-state index contributed by atoms with van der Waals surface area (Å²) in [6.45, 7) is 0. The van der Waals surface area contributed by atoms with Gasteiger partial charge in [0.05, 0.1) is 16.7 Å². The Morgan fingerprint density at radius 1 is 0.628 bits per heavy atom. The van der Waals surface area contributed by atoms with Gasteiger partial charge in [0, 0.05) is 42.1 Å². The third kappa shape index (κ3) is 3.23.